The van der Waals surface area contributed by atoms with E-state index in [0.29, 0.717) is 0 Å². The van der Waals surface area contributed by atoms with Crippen LogP contribution < -0.4 is 10.5 Å². The lowest BCUT2D eigenvalue weighted by molar-refractivity contribution is 0.277. The van der Waals surface area contributed by atoms with E-state index in [1.165, 1.54) is 6.07 Å². The van der Waals surface area contributed by atoms with E-state index >= 15 is 0 Å². The molecular formula is C15H16FNO. The van der Waals surface area contributed by atoms with Gasteiger partial charge in [-0.05, 0) is 30.2 Å². The Morgan fingerprint density at radius 3 is 2.61 bits per heavy atom. The first-order chi connectivity index (χ1) is 8.66. The predicted molar refractivity (Wildman–Crippen MR) is 70.0 cm³/mol. The SMILES string of the molecule is Cc1ccc(F)c(OCC(N)c2ccccc2)c1. The second kappa shape index (κ2) is 5.65. The van der Waals surface area contributed by atoms with Crippen LogP contribution in [0, 0.1) is 12.7 Å². The van der Waals surface area contributed by atoms with Crippen LogP contribution in [0.2, 0.25) is 0 Å². The van der Waals surface area contributed by atoms with Crippen molar-refractivity contribution in [3.05, 3.63) is 65.5 Å². The summed E-state index contributed by atoms with van der Waals surface area (Å²) in [5.74, 6) is -0.109. The van der Waals surface area contributed by atoms with Crippen LogP contribution in [0.5, 0.6) is 5.75 Å². The summed E-state index contributed by atoms with van der Waals surface area (Å²) in [6.07, 6.45) is 0. The lowest BCUT2D eigenvalue weighted by atomic mass is 10.1. The Kier molecular flexibility index (Phi) is 3.95. The molecule has 2 aromatic rings. The minimum absolute atomic E-state index is 0.251. The molecule has 2 nitrogen and oxygen atoms in total. The maximum atomic E-state index is 13.5. The van der Waals surface area contributed by atoms with Gasteiger partial charge in [0.05, 0.1) is 6.04 Å². The van der Waals surface area contributed by atoms with Gasteiger partial charge in [-0.2, -0.15) is 0 Å². The summed E-state index contributed by atoms with van der Waals surface area (Å²) in [6, 6.07) is 14.2. The van der Waals surface area contributed by atoms with E-state index in [1.54, 1.807) is 12.1 Å². The van der Waals surface area contributed by atoms with Crippen molar-refractivity contribution in [1.82, 2.24) is 0 Å². The average Bonchev–Trinajstić information content (AvgIpc) is 2.40. The van der Waals surface area contributed by atoms with E-state index in [4.69, 9.17) is 10.5 Å². The van der Waals surface area contributed by atoms with Crippen molar-refractivity contribution < 1.29 is 9.13 Å². The van der Waals surface area contributed by atoms with Crippen molar-refractivity contribution in [2.24, 2.45) is 5.73 Å². The lowest BCUT2D eigenvalue weighted by Crippen LogP contribution is -2.19. The van der Waals surface area contributed by atoms with Crippen LogP contribution in [0.15, 0.2) is 48.5 Å². The Labute approximate surface area is 106 Å². The van der Waals surface area contributed by atoms with Crippen molar-refractivity contribution in [2.75, 3.05) is 6.61 Å². The molecule has 1 atom stereocenters. The zero-order valence-electron chi connectivity index (χ0n) is 10.3. The van der Waals surface area contributed by atoms with E-state index in [1.807, 2.05) is 37.3 Å². The maximum absolute atomic E-state index is 13.5. The third kappa shape index (κ3) is 3.08. The number of halogens is 1. The third-order valence-electron chi connectivity index (χ3n) is 2.73. The Hall–Kier alpha value is -1.87. The second-order valence-corrected chi connectivity index (χ2v) is 4.26. The molecule has 94 valence electrons. The molecule has 0 heterocycles. The molecule has 0 fully saturated rings. The van der Waals surface area contributed by atoms with Crippen molar-refractivity contribution in [2.45, 2.75) is 13.0 Å². The quantitative estimate of drug-likeness (QED) is 0.897. The van der Waals surface area contributed by atoms with Gasteiger partial charge < -0.3 is 10.5 Å². The topological polar surface area (TPSA) is 35.2 Å². The van der Waals surface area contributed by atoms with E-state index in [2.05, 4.69) is 0 Å². The maximum Gasteiger partial charge on any atom is 0.165 e. The summed E-state index contributed by atoms with van der Waals surface area (Å²) in [6.45, 7) is 2.15. The molecule has 0 spiro atoms. The van der Waals surface area contributed by atoms with Crippen LogP contribution in [0.1, 0.15) is 17.2 Å². The highest BCUT2D eigenvalue weighted by Gasteiger charge is 2.08. The van der Waals surface area contributed by atoms with Crippen LogP contribution in [-0.4, -0.2) is 6.61 Å². The molecule has 0 saturated carbocycles. The first-order valence-electron chi connectivity index (χ1n) is 5.86. The smallest absolute Gasteiger partial charge is 0.165 e. The highest BCUT2D eigenvalue weighted by molar-refractivity contribution is 5.29. The van der Waals surface area contributed by atoms with Gasteiger partial charge in [-0.15, -0.1) is 0 Å². The number of benzene rings is 2. The van der Waals surface area contributed by atoms with Gasteiger partial charge in [-0.25, -0.2) is 4.39 Å². The Morgan fingerprint density at radius 2 is 1.89 bits per heavy atom. The summed E-state index contributed by atoms with van der Waals surface area (Å²) < 4.78 is 18.9. The summed E-state index contributed by atoms with van der Waals surface area (Å²) in [7, 11) is 0. The number of aryl methyl sites for hydroxylation is 1. The Bertz CT molecular complexity index is 513. The van der Waals surface area contributed by atoms with Crippen LogP contribution in [0.4, 0.5) is 4.39 Å². The van der Waals surface area contributed by atoms with E-state index in [0.717, 1.165) is 11.1 Å². The van der Waals surface area contributed by atoms with Crippen LogP contribution in [-0.2, 0) is 0 Å². The molecule has 3 heteroatoms. The van der Waals surface area contributed by atoms with Gasteiger partial charge in [0.15, 0.2) is 11.6 Å². The number of nitrogens with two attached hydrogens (primary N) is 1. The zero-order chi connectivity index (χ0) is 13.0. The second-order valence-electron chi connectivity index (χ2n) is 4.26. The monoisotopic (exact) mass is 245 g/mol. The molecule has 0 aliphatic rings. The molecule has 0 aliphatic heterocycles. The molecule has 18 heavy (non-hydrogen) atoms. The molecule has 0 amide bonds. The van der Waals surface area contributed by atoms with Crippen molar-refractivity contribution in [3.8, 4) is 5.75 Å². The van der Waals surface area contributed by atoms with Gasteiger partial charge in [0.1, 0.15) is 6.61 Å². The van der Waals surface area contributed by atoms with Crippen molar-refractivity contribution in [3.63, 3.8) is 0 Å². The fourth-order valence-electron chi connectivity index (χ4n) is 1.70. The molecule has 0 aromatic heterocycles. The van der Waals surface area contributed by atoms with E-state index in [9.17, 15) is 4.39 Å². The number of hydrogen-bond donors (Lipinski definition) is 1. The first-order valence-corrected chi connectivity index (χ1v) is 5.86. The average molecular weight is 245 g/mol. The number of hydrogen-bond acceptors (Lipinski definition) is 2. The largest absolute Gasteiger partial charge is 0.489 e. The fourth-order valence-corrected chi connectivity index (χ4v) is 1.70. The molecule has 0 bridgehead atoms. The summed E-state index contributed by atoms with van der Waals surface area (Å²) >= 11 is 0. The minimum Gasteiger partial charge on any atom is -0.489 e. The van der Waals surface area contributed by atoms with Crippen LogP contribution in [0.3, 0.4) is 0 Å². The normalized spacial score (nSPS) is 12.2. The molecule has 0 radical (unpaired) electrons. The highest BCUT2D eigenvalue weighted by Crippen LogP contribution is 2.20. The van der Waals surface area contributed by atoms with Gasteiger partial charge >= 0.3 is 0 Å². The fraction of sp³-hybridized carbons (Fsp3) is 0.200. The summed E-state index contributed by atoms with van der Waals surface area (Å²) in [4.78, 5) is 0. The first kappa shape index (κ1) is 12.6. The van der Waals surface area contributed by atoms with Crippen molar-refractivity contribution >= 4 is 0 Å². The predicted octanol–water partition coefficient (Wildman–Crippen LogP) is 3.21. The Balaban J connectivity index is 2.01. The standard InChI is InChI=1S/C15H16FNO/c1-11-7-8-13(16)15(9-11)18-10-14(17)12-5-3-2-4-6-12/h2-9,14H,10,17H2,1H3. The molecule has 1 unspecified atom stereocenters. The summed E-state index contributed by atoms with van der Waals surface area (Å²) in [5.41, 5.74) is 7.92. The number of ether oxygens (including phenoxy) is 1. The molecule has 2 N–H and O–H groups in total. The molecule has 2 rings (SSSR count). The highest BCUT2D eigenvalue weighted by atomic mass is 19.1. The lowest BCUT2D eigenvalue weighted by Gasteiger charge is -2.14. The van der Waals surface area contributed by atoms with E-state index < -0.39 is 0 Å². The Morgan fingerprint density at radius 1 is 1.17 bits per heavy atom. The number of rotatable bonds is 4. The molecule has 0 aliphatic carbocycles. The van der Waals surface area contributed by atoms with E-state index in [-0.39, 0.29) is 24.2 Å². The van der Waals surface area contributed by atoms with Crippen LogP contribution in [0.25, 0.3) is 0 Å². The van der Waals surface area contributed by atoms with Gasteiger partial charge in [-0.3, -0.25) is 0 Å². The van der Waals surface area contributed by atoms with Crippen LogP contribution >= 0.6 is 0 Å². The third-order valence-corrected chi connectivity index (χ3v) is 2.73. The van der Waals surface area contributed by atoms with Crippen molar-refractivity contribution in [1.29, 1.82) is 0 Å². The molecule has 0 saturated heterocycles. The van der Waals surface area contributed by atoms with Gasteiger partial charge in [0, 0.05) is 0 Å². The minimum atomic E-state index is -0.360. The summed E-state index contributed by atoms with van der Waals surface area (Å²) in [5, 5.41) is 0. The zero-order valence-corrected chi connectivity index (χ0v) is 10.3. The molecule has 2 aromatic carbocycles. The molecular weight excluding hydrogens is 229 g/mol. The van der Waals surface area contributed by atoms with Gasteiger partial charge in [-0.1, -0.05) is 36.4 Å². The van der Waals surface area contributed by atoms with Gasteiger partial charge in [0.2, 0.25) is 0 Å². The van der Waals surface area contributed by atoms with Gasteiger partial charge in [0.25, 0.3) is 0 Å².